The summed E-state index contributed by atoms with van der Waals surface area (Å²) in [4.78, 5) is 1.45. The number of hydrogen-bond donors (Lipinski definition) is 1. The van der Waals surface area contributed by atoms with Crippen LogP contribution in [0.25, 0.3) is 0 Å². The Morgan fingerprint density at radius 2 is 1.85 bits per heavy atom. The van der Waals surface area contributed by atoms with Crippen molar-refractivity contribution in [3.05, 3.63) is 57.8 Å². The number of nitrogens with one attached hydrogen (secondary N) is 1. The van der Waals surface area contributed by atoms with Gasteiger partial charge < -0.3 is 5.32 Å². The lowest BCUT2D eigenvalue weighted by Gasteiger charge is -2.29. The molecule has 0 amide bonds. The zero-order chi connectivity index (χ0) is 14.6. The summed E-state index contributed by atoms with van der Waals surface area (Å²) in [5.41, 5.74) is 3.02. The smallest absolute Gasteiger partial charge is 0.0304 e. The van der Waals surface area contributed by atoms with Crippen LogP contribution in [-0.2, 0) is 12.0 Å². The Kier molecular flexibility index (Phi) is 5.00. The van der Waals surface area contributed by atoms with Gasteiger partial charge in [0, 0.05) is 17.5 Å². The monoisotopic (exact) mass is 287 g/mol. The summed E-state index contributed by atoms with van der Waals surface area (Å²) in [6.45, 7) is 10.1. The molecule has 0 fully saturated rings. The van der Waals surface area contributed by atoms with Crippen molar-refractivity contribution in [1.82, 2.24) is 5.32 Å². The Morgan fingerprint density at radius 3 is 2.45 bits per heavy atom. The van der Waals surface area contributed by atoms with Crippen LogP contribution in [0.1, 0.15) is 43.2 Å². The van der Waals surface area contributed by atoms with Gasteiger partial charge in [0.2, 0.25) is 0 Å². The summed E-state index contributed by atoms with van der Waals surface area (Å²) in [6, 6.07) is 13.5. The average Bonchev–Trinajstić information content (AvgIpc) is 2.82. The fourth-order valence-corrected chi connectivity index (χ4v) is 3.55. The molecule has 1 unspecified atom stereocenters. The Labute approximate surface area is 127 Å². The van der Waals surface area contributed by atoms with Crippen molar-refractivity contribution in [3.63, 3.8) is 0 Å². The first-order valence-corrected chi connectivity index (χ1v) is 8.19. The third kappa shape index (κ3) is 3.94. The summed E-state index contributed by atoms with van der Waals surface area (Å²) in [5.74, 6) is 0. The molecular weight excluding hydrogens is 262 g/mol. The molecule has 2 rings (SSSR count). The van der Waals surface area contributed by atoms with Crippen molar-refractivity contribution in [2.75, 3.05) is 0 Å². The third-order valence-electron chi connectivity index (χ3n) is 3.95. The first-order chi connectivity index (χ1) is 9.49. The quantitative estimate of drug-likeness (QED) is 0.796. The highest BCUT2D eigenvalue weighted by molar-refractivity contribution is 7.10. The molecule has 0 aliphatic heterocycles. The van der Waals surface area contributed by atoms with Crippen molar-refractivity contribution >= 4 is 11.3 Å². The second-order valence-electron chi connectivity index (χ2n) is 6.26. The zero-order valence-electron chi connectivity index (χ0n) is 12.9. The summed E-state index contributed by atoms with van der Waals surface area (Å²) >= 11 is 1.84. The van der Waals surface area contributed by atoms with Gasteiger partial charge in [-0.3, -0.25) is 0 Å². The van der Waals surface area contributed by atoms with Gasteiger partial charge in [0.05, 0.1) is 0 Å². The van der Waals surface area contributed by atoms with Gasteiger partial charge in [0.15, 0.2) is 0 Å². The average molecular weight is 287 g/mol. The van der Waals surface area contributed by atoms with Crippen molar-refractivity contribution in [1.29, 1.82) is 0 Å². The topological polar surface area (TPSA) is 12.0 Å². The number of aryl methyl sites for hydroxylation is 1. The third-order valence-corrected chi connectivity index (χ3v) is 4.97. The lowest BCUT2D eigenvalue weighted by atomic mass is 9.79. The minimum absolute atomic E-state index is 0.207. The zero-order valence-corrected chi connectivity index (χ0v) is 13.8. The van der Waals surface area contributed by atoms with Crippen LogP contribution in [0.4, 0.5) is 0 Å². The molecule has 1 N–H and O–H groups in total. The standard InChI is InChI=1S/C18H25NS/c1-14-10-11-20-17(14)13-19-15(2)12-18(3,4)16-8-6-5-7-9-16/h5-11,15,19H,12-13H2,1-4H3. The molecule has 1 aromatic heterocycles. The van der Waals surface area contributed by atoms with E-state index in [9.17, 15) is 0 Å². The maximum atomic E-state index is 3.66. The van der Waals surface area contributed by atoms with Crippen LogP contribution in [0.15, 0.2) is 41.8 Å². The maximum Gasteiger partial charge on any atom is 0.0304 e. The van der Waals surface area contributed by atoms with Crippen LogP contribution in [0.2, 0.25) is 0 Å². The van der Waals surface area contributed by atoms with Crippen LogP contribution < -0.4 is 5.32 Å². The molecule has 1 heterocycles. The molecule has 108 valence electrons. The molecule has 1 aromatic carbocycles. The molecule has 0 aliphatic rings. The van der Waals surface area contributed by atoms with E-state index >= 15 is 0 Å². The van der Waals surface area contributed by atoms with Crippen molar-refractivity contribution in [2.45, 2.75) is 52.1 Å². The molecule has 2 aromatic rings. The first-order valence-electron chi connectivity index (χ1n) is 7.31. The summed E-state index contributed by atoms with van der Waals surface area (Å²) in [7, 11) is 0. The fourth-order valence-electron chi connectivity index (χ4n) is 2.70. The summed E-state index contributed by atoms with van der Waals surface area (Å²) < 4.78 is 0. The Bertz CT molecular complexity index is 527. The Balaban J connectivity index is 1.91. The van der Waals surface area contributed by atoms with Crippen LogP contribution in [0.5, 0.6) is 0 Å². The van der Waals surface area contributed by atoms with Crippen LogP contribution >= 0.6 is 11.3 Å². The maximum absolute atomic E-state index is 3.66. The Morgan fingerprint density at radius 1 is 1.15 bits per heavy atom. The molecule has 0 radical (unpaired) electrons. The fraction of sp³-hybridized carbons (Fsp3) is 0.444. The normalized spacial score (nSPS) is 13.4. The first kappa shape index (κ1) is 15.3. The van der Waals surface area contributed by atoms with Crippen molar-refractivity contribution in [3.8, 4) is 0 Å². The molecule has 1 atom stereocenters. The van der Waals surface area contributed by atoms with Crippen LogP contribution in [0, 0.1) is 6.92 Å². The van der Waals surface area contributed by atoms with E-state index in [0.29, 0.717) is 6.04 Å². The molecule has 0 spiro atoms. The second-order valence-corrected chi connectivity index (χ2v) is 7.26. The van der Waals surface area contributed by atoms with E-state index in [4.69, 9.17) is 0 Å². The highest BCUT2D eigenvalue weighted by atomic mass is 32.1. The molecule has 0 saturated heterocycles. The highest BCUT2D eigenvalue weighted by Crippen LogP contribution is 2.28. The van der Waals surface area contributed by atoms with Crippen molar-refractivity contribution in [2.24, 2.45) is 0 Å². The molecule has 0 saturated carbocycles. The number of hydrogen-bond acceptors (Lipinski definition) is 2. The van der Waals surface area contributed by atoms with E-state index in [2.05, 4.69) is 74.8 Å². The molecular formula is C18H25NS. The minimum Gasteiger partial charge on any atom is -0.309 e. The highest BCUT2D eigenvalue weighted by Gasteiger charge is 2.22. The van der Waals surface area contributed by atoms with Gasteiger partial charge in [-0.2, -0.15) is 0 Å². The van der Waals surface area contributed by atoms with E-state index in [1.807, 2.05) is 11.3 Å². The summed E-state index contributed by atoms with van der Waals surface area (Å²) in [5, 5.41) is 5.83. The van der Waals surface area contributed by atoms with Gasteiger partial charge in [-0.05, 0) is 48.3 Å². The predicted octanol–water partition coefficient (Wildman–Crippen LogP) is 4.90. The number of thiophene rings is 1. The summed E-state index contributed by atoms with van der Waals surface area (Å²) in [6.07, 6.45) is 1.14. The lowest BCUT2D eigenvalue weighted by molar-refractivity contribution is 0.389. The predicted molar refractivity (Wildman–Crippen MR) is 89.4 cm³/mol. The van der Waals surface area contributed by atoms with Gasteiger partial charge in [0.25, 0.3) is 0 Å². The van der Waals surface area contributed by atoms with Crippen molar-refractivity contribution < 1.29 is 0 Å². The van der Waals surface area contributed by atoms with E-state index in [1.165, 1.54) is 16.0 Å². The number of benzene rings is 1. The van der Waals surface area contributed by atoms with Gasteiger partial charge in [-0.1, -0.05) is 44.2 Å². The lowest BCUT2D eigenvalue weighted by Crippen LogP contribution is -2.32. The molecule has 1 nitrogen and oxygen atoms in total. The van der Waals surface area contributed by atoms with E-state index in [1.54, 1.807) is 0 Å². The molecule has 20 heavy (non-hydrogen) atoms. The van der Waals surface area contributed by atoms with Gasteiger partial charge >= 0.3 is 0 Å². The molecule has 0 aliphatic carbocycles. The largest absolute Gasteiger partial charge is 0.309 e. The van der Waals surface area contributed by atoms with Gasteiger partial charge in [-0.25, -0.2) is 0 Å². The van der Waals surface area contributed by atoms with E-state index in [-0.39, 0.29) is 5.41 Å². The van der Waals surface area contributed by atoms with Crippen LogP contribution in [-0.4, -0.2) is 6.04 Å². The second kappa shape index (κ2) is 6.55. The van der Waals surface area contributed by atoms with Crippen LogP contribution in [0.3, 0.4) is 0 Å². The van der Waals surface area contributed by atoms with E-state index in [0.717, 1.165) is 13.0 Å². The minimum atomic E-state index is 0.207. The van der Waals surface area contributed by atoms with E-state index < -0.39 is 0 Å². The number of rotatable bonds is 6. The van der Waals surface area contributed by atoms with Gasteiger partial charge in [-0.15, -0.1) is 11.3 Å². The SMILES string of the molecule is Cc1ccsc1CNC(C)CC(C)(C)c1ccccc1. The Hall–Kier alpha value is -1.12. The molecule has 0 bridgehead atoms. The van der Waals surface area contributed by atoms with Gasteiger partial charge in [0.1, 0.15) is 0 Å². The molecule has 2 heteroatoms.